The molecule has 1 nitrogen and oxygen atoms in total. The van der Waals surface area contributed by atoms with Gasteiger partial charge in [-0.25, -0.2) is 0 Å². The maximum Gasteiger partial charge on any atom is 0.0707 e. The molecule has 3 unspecified atom stereocenters. The van der Waals surface area contributed by atoms with E-state index in [4.69, 9.17) is 13.6 Å². The summed E-state index contributed by atoms with van der Waals surface area (Å²) in [6.07, 6.45) is 3.47. The van der Waals surface area contributed by atoms with E-state index in [1.165, 1.54) is 6.42 Å². The fourth-order valence-corrected chi connectivity index (χ4v) is 2.55. The Balaban J connectivity index is 2.91. The predicted molar refractivity (Wildman–Crippen MR) is 54.3 cm³/mol. The van der Waals surface area contributed by atoms with Crippen LogP contribution in [0, 0.1) is 10.8 Å². The van der Waals surface area contributed by atoms with Gasteiger partial charge in [0.25, 0.3) is 0 Å². The second kappa shape index (κ2) is 3.06. The molecule has 1 saturated carbocycles. The van der Waals surface area contributed by atoms with Gasteiger partial charge in [0, 0.05) is 0 Å². The largest absolute Gasteiger partial charge is 0.330 e. The quantitative estimate of drug-likeness (QED) is 0.623. The van der Waals surface area contributed by atoms with Gasteiger partial charge in [-0.15, -0.1) is 0 Å². The predicted octanol–water partition coefficient (Wildman–Crippen LogP) is 2.12. The zero-order valence-corrected chi connectivity index (χ0v) is 8.56. The van der Waals surface area contributed by atoms with Gasteiger partial charge >= 0.3 is 0 Å². The summed E-state index contributed by atoms with van der Waals surface area (Å²) >= 11 is 0. The fourth-order valence-electron chi connectivity index (χ4n) is 2.55. The van der Waals surface area contributed by atoms with Crippen molar-refractivity contribution in [2.45, 2.75) is 45.9 Å². The molecule has 0 bridgehead atoms. The van der Waals surface area contributed by atoms with E-state index in [1.54, 1.807) is 0 Å². The average molecular weight is 165 g/mol. The first kappa shape index (κ1) is 10.1. The van der Waals surface area contributed by atoms with Crippen LogP contribution in [0.2, 0.25) is 5.82 Å². The van der Waals surface area contributed by atoms with Crippen molar-refractivity contribution >= 4 is 7.85 Å². The molecule has 12 heavy (non-hydrogen) atoms. The van der Waals surface area contributed by atoms with Gasteiger partial charge < -0.3 is 5.73 Å². The van der Waals surface area contributed by atoms with Crippen LogP contribution >= 0.6 is 0 Å². The van der Waals surface area contributed by atoms with Crippen LogP contribution in [-0.2, 0) is 0 Å². The minimum Gasteiger partial charge on any atom is -0.330 e. The van der Waals surface area contributed by atoms with E-state index < -0.39 is 0 Å². The SMILES string of the molecule is [B]C1CCC(C)(CN)C1(C)CC. The number of hydrogen-bond acceptors (Lipinski definition) is 1. The lowest BCUT2D eigenvalue weighted by atomic mass is 9.58. The van der Waals surface area contributed by atoms with Crippen LogP contribution in [0.5, 0.6) is 0 Å². The van der Waals surface area contributed by atoms with Crippen molar-refractivity contribution in [3.63, 3.8) is 0 Å². The van der Waals surface area contributed by atoms with Crippen molar-refractivity contribution in [2.24, 2.45) is 16.6 Å². The Morgan fingerprint density at radius 1 is 1.50 bits per heavy atom. The summed E-state index contributed by atoms with van der Waals surface area (Å²) in [6, 6.07) is 0. The van der Waals surface area contributed by atoms with Crippen molar-refractivity contribution in [1.29, 1.82) is 0 Å². The van der Waals surface area contributed by atoms with Gasteiger partial charge in [-0.2, -0.15) is 0 Å². The lowest BCUT2D eigenvalue weighted by molar-refractivity contribution is 0.115. The zero-order chi connectivity index (χ0) is 9.41. The van der Waals surface area contributed by atoms with E-state index in [1.807, 2.05) is 0 Å². The van der Waals surface area contributed by atoms with Gasteiger partial charge in [0.2, 0.25) is 0 Å². The van der Waals surface area contributed by atoms with E-state index in [0.717, 1.165) is 19.4 Å². The monoisotopic (exact) mass is 165 g/mol. The van der Waals surface area contributed by atoms with Crippen LogP contribution in [0.25, 0.3) is 0 Å². The van der Waals surface area contributed by atoms with Gasteiger partial charge in [-0.3, -0.25) is 0 Å². The molecule has 0 aromatic rings. The maximum absolute atomic E-state index is 6.12. The molecule has 3 atom stereocenters. The summed E-state index contributed by atoms with van der Waals surface area (Å²) in [6.45, 7) is 7.56. The van der Waals surface area contributed by atoms with E-state index in [-0.39, 0.29) is 10.8 Å². The molecule has 0 aliphatic heterocycles. The number of hydrogen-bond donors (Lipinski definition) is 1. The molecule has 0 saturated heterocycles. The van der Waals surface area contributed by atoms with E-state index >= 15 is 0 Å². The van der Waals surface area contributed by atoms with Gasteiger partial charge in [-0.05, 0) is 23.8 Å². The van der Waals surface area contributed by atoms with Crippen molar-refractivity contribution < 1.29 is 0 Å². The molecule has 1 aliphatic carbocycles. The number of rotatable bonds is 2. The highest BCUT2D eigenvalue weighted by molar-refractivity contribution is 6.12. The van der Waals surface area contributed by atoms with Crippen LogP contribution in [-0.4, -0.2) is 14.4 Å². The zero-order valence-electron chi connectivity index (χ0n) is 8.56. The third-order valence-electron chi connectivity index (χ3n) is 4.39. The first-order valence-corrected chi connectivity index (χ1v) is 4.96. The molecule has 1 rings (SSSR count). The van der Waals surface area contributed by atoms with Crippen molar-refractivity contribution in [3.05, 3.63) is 0 Å². The summed E-state index contributed by atoms with van der Waals surface area (Å²) < 4.78 is 0. The molecule has 0 heterocycles. The van der Waals surface area contributed by atoms with Gasteiger partial charge in [0.1, 0.15) is 0 Å². The molecule has 0 spiro atoms. The third kappa shape index (κ3) is 1.12. The third-order valence-corrected chi connectivity index (χ3v) is 4.39. The van der Waals surface area contributed by atoms with Crippen molar-refractivity contribution in [3.8, 4) is 0 Å². The van der Waals surface area contributed by atoms with Gasteiger partial charge in [-0.1, -0.05) is 39.4 Å². The van der Waals surface area contributed by atoms with Crippen LogP contribution in [0.3, 0.4) is 0 Å². The Kier molecular flexibility index (Phi) is 2.58. The van der Waals surface area contributed by atoms with Crippen LogP contribution in [0.1, 0.15) is 40.0 Å². The van der Waals surface area contributed by atoms with E-state index in [2.05, 4.69) is 20.8 Å². The molecule has 0 aromatic carbocycles. The van der Waals surface area contributed by atoms with Crippen LogP contribution < -0.4 is 5.73 Å². The highest BCUT2D eigenvalue weighted by Gasteiger charge is 2.49. The van der Waals surface area contributed by atoms with Gasteiger partial charge in [0.05, 0.1) is 7.85 Å². The van der Waals surface area contributed by atoms with E-state index in [9.17, 15) is 0 Å². The summed E-state index contributed by atoms with van der Waals surface area (Å²) in [5, 5.41) is 0. The molecule has 0 amide bonds. The number of nitrogens with two attached hydrogens (primary N) is 1. The molecule has 2 radical (unpaired) electrons. The summed E-state index contributed by atoms with van der Waals surface area (Å²) in [4.78, 5) is 0. The molecule has 2 heteroatoms. The van der Waals surface area contributed by atoms with Crippen LogP contribution in [0.15, 0.2) is 0 Å². The first-order valence-electron chi connectivity index (χ1n) is 4.96. The summed E-state index contributed by atoms with van der Waals surface area (Å²) in [5.41, 5.74) is 6.34. The summed E-state index contributed by atoms with van der Waals surface area (Å²) in [7, 11) is 6.12. The topological polar surface area (TPSA) is 26.0 Å². The smallest absolute Gasteiger partial charge is 0.0707 e. The normalized spacial score (nSPS) is 48.2. The maximum atomic E-state index is 6.12. The van der Waals surface area contributed by atoms with Crippen molar-refractivity contribution in [1.82, 2.24) is 0 Å². The second-order valence-electron chi connectivity index (χ2n) is 4.68. The lowest BCUT2D eigenvalue weighted by Gasteiger charge is -2.43. The molecular weight excluding hydrogens is 145 g/mol. The highest BCUT2D eigenvalue weighted by atomic mass is 14.7. The minimum atomic E-state index is 0.252. The Morgan fingerprint density at radius 2 is 2.08 bits per heavy atom. The molecule has 1 aliphatic rings. The molecule has 2 N–H and O–H groups in total. The van der Waals surface area contributed by atoms with Gasteiger partial charge in [0.15, 0.2) is 0 Å². The Bertz CT molecular complexity index is 171. The first-order chi connectivity index (χ1) is 5.50. The highest BCUT2D eigenvalue weighted by Crippen LogP contribution is 2.59. The second-order valence-corrected chi connectivity index (χ2v) is 4.68. The fraction of sp³-hybridized carbons (Fsp3) is 1.00. The van der Waals surface area contributed by atoms with Crippen molar-refractivity contribution in [2.75, 3.05) is 6.54 Å². The molecule has 0 aromatic heterocycles. The Hall–Kier alpha value is 0.0249. The van der Waals surface area contributed by atoms with E-state index in [0.29, 0.717) is 5.82 Å². The Labute approximate surface area is 77.5 Å². The van der Waals surface area contributed by atoms with Crippen LogP contribution in [0.4, 0.5) is 0 Å². The summed E-state index contributed by atoms with van der Waals surface area (Å²) in [5.74, 6) is 0.344. The lowest BCUT2D eigenvalue weighted by Crippen LogP contribution is -2.40. The Morgan fingerprint density at radius 3 is 2.42 bits per heavy atom. The standard InChI is InChI=1S/C10H20BN/c1-4-10(3)8(11)5-6-9(10,2)7-12/h8H,4-7,12H2,1-3H3. The molecular formula is C10H20BN. The molecule has 1 fully saturated rings. The minimum absolute atomic E-state index is 0.252. The molecule has 68 valence electrons. The average Bonchev–Trinajstić information content (AvgIpc) is 2.31.